The van der Waals surface area contributed by atoms with Crippen molar-refractivity contribution in [1.82, 2.24) is 14.5 Å². The smallest absolute Gasteiger partial charge is 0.179 e. The summed E-state index contributed by atoms with van der Waals surface area (Å²) in [5, 5.41) is 2.71. The van der Waals surface area contributed by atoms with Gasteiger partial charge in [0.25, 0.3) is 0 Å². The van der Waals surface area contributed by atoms with Crippen LogP contribution in [0.3, 0.4) is 0 Å². The van der Waals surface area contributed by atoms with Crippen LogP contribution in [0, 0.1) is 4.77 Å². The van der Waals surface area contributed by atoms with E-state index < -0.39 is 0 Å². The third kappa shape index (κ3) is 2.41. The molecule has 3 rings (SSSR count). The van der Waals surface area contributed by atoms with Gasteiger partial charge in [-0.3, -0.25) is 4.57 Å². The molecule has 0 bridgehead atoms. The van der Waals surface area contributed by atoms with Crippen LogP contribution < -0.4 is 0 Å². The molecule has 0 aliphatic heterocycles. The molecule has 1 unspecified atom stereocenters. The number of fused-ring (bicyclic) bond motifs is 1. The average molecular weight is 324 g/mol. The molecule has 0 spiro atoms. The minimum atomic E-state index is 0.231. The highest BCUT2D eigenvalue weighted by atomic mass is 35.5. The number of H-pyrrole nitrogens is 1. The summed E-state index contributed by atoms with van der Waals surface area (Å²) in [6.45, 7) is 2.18. The summed E-state index contributed by atoms with van der Waals surface area (Å²) < 4.78 is 2.80. The maximum atomic E-state index is 6.00. The van der Waals surface area contributed by atoms with E-state index in [2.05, 4.69) is 39.0 Å². The van der Waals surface area contributed by atoms with E-state index in [1.807, 2.05) is 6.07 Å². The maximum absolute atomic E-state index is 6.00. The molecule has 104 valence electrons. The van der Waals surface area contributed by atoms with Gasteiger partial charge in [-0.25, -0.2) is 4.98 Å². The Kier molecular flexibility index (Phi) is 3.92. The van der Waals surface area contributed by atoms with Gasteiger partial charge in [0.15, 0.2) is 10.4 Å². The van der Waals surface area contributed by atoms with E-state index in [1.165, 1.54) is 4.88 Å². The SMILES string of the molecule is CCCC(c1cccs1)n1c(=S)[nH]c2cc(Cl)cnc21. The standard InChI is InChI=1S/C14H14ClN3S2/c1-2-4-11(12-5-3-6-20-12)18-13-10(17-14(18)19)7-9(15)8-16-13/h3,5-8,11H,2,4H2,1H3,(H,17,19). The van der Waals surface area contributed by atoms with Crippen molar-refractivity contribution >= 4 is 46.3 Å². The quantitative estimate of drug-likeness (QED) is 0.670. The second-order valence-electron chi connectivity index (χ2n) is 4.64. The number of nitrogens with one attached hydrogen (secondary N) is 1. The second-order valence-corrected chi connectivity index (χ2v) is 6.45. The van der Waals surface area contributed by atoms with Crippen LogP contribution >= 0.6 is 35.2 Å². The van der Waals surface area contributed by atoms with Crippen molar-refractivity contribution in [3.63, 3.8) is 0 Å². The number of nitrogens with zero attached hydrogens (tertiary/aromatic N) is 2. The van der Waals surface area contributed by atoms with Gasteiger partial charge < -0.3 is 4.98 Å². The molecule has 0 amide bonds. The van der Waals surface area contributed by atoms with Gasteiger partial charge in [-0.05, 0) is 36.2 Å². The van der Waals surface area contributed by atoms with Gasteiger partial charge in [-0.2, -0.15) is 0 Å². The Morgan fingerprint density at radius 1 is 1.55 bits per heavy atom. The summed E-state index contributed by atoms with van der Waals surface area (Å²) in [5.41, 5.74) is 1.76. The molecule has 1 N–H and O–H groups in total. The largest absolute Gasteiger partial charge is 0.329 e. The third-order valence-corrected chi connectivity index (χ3v) is 4.75. The van der Waals surface area contributed by atoms with Crippen molar-refractivity contribution in [3.05, 3.63) is 44.4 Å². The lowest BCUT2D eigenvalue weighted by Crippen LogP contribution is -2.10. The van der Waals surface area contributed by atoms with Crippen molar-refractivity contribution in [2.24, 2.45) is 0 Å². The highest BCUT2D eigenvalue weighted by Gasteiger charge is 2.18. The molecule has 6 heteroatoms. The molecule has 0 aliphatic carbocycles. The average Bonchev–Trinajstić information content (AvgIpc) is 3.03. The molecule has 20 heavy (non-hydrogen) atoms. The predicted molar refractivity (Wildman–Crippen MR) is 87.3 cm³/mol. The normalized spacial score (nSPS) is 12.9. The fraction of sp³-hybridized carbons (Fsp3) is 0.286. The Hall–Kier alpha value is -1.17. The molecule has 3 nitrogen and oxygen atoms in total. The van der Waals surface area contributed by atoms with Crippen molar-refractivity contribution in [1.29, 1.82) is 0 Å². The Morgan fingerprint density at radius 3 is 3.10 bits per heavy atom. The first-order valence-electron chi connectivity index (χ1n) is 6.50. The second kappa shape index (κ2) is 5.68. The molecular formula is C14H14ClN3S2. The highest BCUT2D eigenvalue weighted by molar-refractivity contribution is 7.71. The number of thiophene rings is 1. The number of aromatic nitrogens is 3. The summed E-state index contributed by atoms with van der Waals surface area (Å²) in [7, 11) is 0. The van der Waals surface area contributed by atoms with E-state index in [4.69, 9.17) is 23.8 Å². The molecule has 0 aromatic carbocycles. The van der Waals surface area contributed by atoms with Gasteiger partial charge in [-0.1, -0.05) is 31.0 Å². The predicted octanol–water partition coefficient (Wildman–Crippen LogP) is 5.20. The van der Waals surface area contributed by atoms with E-state index >= 15 is 0 Å². The number of hydrogen-bond donors (Lipinski definition) is 1. The fourth-order valence-electron chi connectivity index (χ4n) is 2.43. The summed E-state index contributed by atoms with van der Waals surface area (Å²) in [6, 6.07) is 6.33. The van der Waals surface area contributed by atoms with Gasteiger partial charge >= 0.3 is 0 Å². The van der Waals surface area contributed by atoms with Crippen molar-refractivity contribution in [3.8, 4) is 0 Å². The monoisotopic (exact) mass is 323 g/mol. The van der Waals surface area contributed by atoms with Crippen LogP contribution in [0.2, 0.25) is 5.02 Å². The Labute approximate surface area is 131 Å². The lowest BCUT2D eigenvalue weighted by Gasteiger charge is -2.17. The summed E-state index contributed by atoms with van der Waals surface area (Å²) in [4.78, 5) is 8.96. The zero-order valence-corrected chi connectivity index (χ0v) is 13.4. The molecule has 3 heterocycles. The fourth-order valence-corrected chi connectivity index (χ4v) is 3.76. The number of halogens is 1. The zero-order valence-electron chi connectivity index (χ0n) is 11.0. The van der Waals surface area contributed by atoms with Gasteiger partial charge in [0.1, 0.15) is 0 Å². The van der Waals surface area contributed by atoms with Crippen LogP contribution in [0.15, 0.2) is 29.8 Å². The van der Waals surface area contributed by atoms with Crippen LogP contribution in [-0.2, 0) is 0 Å². The first-order valence-corrected chi connectivity index (χ1v) is 8.16. The van der Waals surface area contributed by atoms with Gasteiger partial charge in [-0.15, -0.1) is 11.3 Å². The first-order chi connectivity index (χ1) is 9.70. The van der Waals surface area contributed by atoms with E-state index in [9.17, 15) is 0 Å². The molecule has 0 radical (unpaired) electrons. The van der Waals surface area contributed by atoms with Crippen LogP contribution in [-0.4, -0.2) is 14.5 Å². The summed E-state index contributed by atoms with van der Waals surface area (Å²) in [5.74, 6) is 0. The highest BCUT2D eigenvalue weighted by Crippen LogP contribution is 2.31. The zero-order chi connectivity index (χ0) is 14.1. The minimum Gasteiger partial charge on any atom is -0.329 e. The van der Waals surface area contributed by atoms with Crippen molar-refractivity contribution in [2.75, 3.05) is 0 Å². The van der Waals surface area contributed by atoms with E-state index in [1.54, 1.807) is 17.5 Å². The Bertz CT molecular complexity index is 773. The molecule has 3 aromatic rings. The van der Waals surface area contributed by atoms with Crippen molar-refractivity contribution in [2.45, 2.75) is 25.8 Å². The van der Waals surface area contributed by atoms with E-state index in [0.717, 1.165) is 24.0 Å². The van der Waals surface area contributed by atoms with Crippen LogP contribution in [0.1, 0.15) is 30.7 Å². The Morgan fingerprint density at radius 2 is 2.40 bits per heavy atom. The molecule has 0 saturated heterocycles. The molecular weight excluding hydrogens is 310 g/mol. The van der Waals surface area contributed by atoms with Crippen molar-refractivity contribution < 1.29 is 0 Å². The number of pyridine rings is 1. The van der Waals surface area contributed by atoms with E-state index in [-0.39, 0.29) is 6.04 Å². The number of imidazole rings is 1. The number of rotatable bonds is 4. The summed E-state index contributed by atoms with van der Waals surface area (Å²) in [6.07, 6.45) is 3.79. The van der Waals surface area contributed by atoms with Gasteiger partial charge in [0.2, 0.25) is 0 Å². The van der Waals surface area contributed by atoms with Crippen LogP contribution in [0.4, 0.5) is 0 Å². The van der Waals surface area contributed by atoms with Crippen LogP contribution in [0.5, 0.6) is 0 Å². The molecule has 0 fully saturated rings. The number of hydrogen-bond acceptors (Lipinski definition) is 3. The molecule has 0 aliphatic rings. The Balaban J connectivity index is 2.21. The first kappa shape index (κ1) is 13.8. The molecule has 0 saturated carbocycles. The lowest BCUT2D eigenvalue weighted by molar-refractivity contribution is 0.545. The molecule has 3 aromatic heterocycles. The van der Waals surface area contributed by atoms with E-state index in [0.29, 0.717) is 9.79 Å². The number of aromatic amines is 1. The van der Waals surface area contributed by atoms with Gasteiger partial charge in [0, 0.05) is 11.1 Å². The third-order valence-electron chi connectivity index (χ3n) is 3.27. The van der Waals surface area contributed by atoms with Crippen LogP contribution in [0.25, 0.3) is 11.2 Å². The molecule has 1 atom stereocenters. The minimum absolute atomic E-state index is 0.231. The maximum Gasteiger partial charge on any atom is 0.179 e. The topological polar surface area (TPSA) is 33.6 Å². The summed E-state index contributed by atoms with van der Waals surface area (Å²) >= 11 is 13.2. The lowest BCUT2D eigenvalue weighted by atomic mass is 10.1. The van der Waals surface area contributed by atoms with Gasteiger partial charge in [0.05, 0.1) is 16.6 Å².